The van der Waals surface area contributed by atoms with E-state index in [9.17, 15) is 4.79 Å². The van der Waals surface area contributed by atoms with E-state index in [-0.39, 0.29) is 5.56 Å². The average molecular weight is 413 g/mol. The maximum atomic E-state index is 12.3. The third kappa shape index (κ3) is 3.77. The van der Waals surface area contributed by atoms with Gasteiger partial charge in [0.1, 0.15) is 5.01 Å². The summed E-state index contributed by atoms with van der Waals surface area (Å²) in [5, 5.41) is 10.2. The Morgan fingerprint density at radius 3 is 2.86 bits per heavy atom. The van der Waals surface area contributed by atoms with Gasteiger partial charge in [-0.1, -0.05) is 0 Å². The summed E-state index contributed by atoms with van der Waals surface area (Å²) in [4.78, 5) is 20.7. The van der Waals surface area contributed by atoms with Crippen LogP contribution < -0.4 is 5.56 Å². The van der Waals surface area contributed by atoms with Gasteiger partial charge in [-0.15, -0.1) is 16.4 Å². The highest BCUT2D eigenvalue weighted by atomic mass is 32.1. The van der Waals surface area contributed by atoms with Crippen LogP contribution in [-0.2, 0) is 30.9 Å². The van der Waals surface area contributed by atoms with Gasteiger partial charge in [0.25, 0.3) is 5.56 Å². The topological polar surface area (TPSA) is 78.1 Å². The van der Waals surface area contributed by atoms with Crippen molar-refractivity contribution in [3.8, 4) is 5.82 Å². The lowest BCUT2D eigenvalue weighted by Gasteiger charge is -2.38. The SMILES string of the molecule is Cc1cc(C)n(-c2ccc(=O)n(CC3CN(Cc4nc5c(s4)COCC5)C3)n2)n1. The number of hydrogen-bond acceptors (Lipinski definition) is 7. The van der Waals surface area contributed by atoms with Crippen molar-refractivity contribution in [3.05, 3.63) is 55.5 Å². The lowest BCUT2D eigenvalue weighted by molar-refractivity contribution is 0.0764. The van der Waals surface area contributed by atoms with E-state index < -0.39 is 0 Å². The van der Waals surface area contributed by atoms with Gasteiger partial charge in [0.2, 0.25) is 0 Å². The van der Waals surface area contributed by atoms with Gasteiger partial charge in [0.15, 0.2) is 5.82 Å². The summed E-state index contributed by atoms with van der Waals surface area (Å²) in [6.45, 7) is 8.85. The summed E-state index contributed by atoms with van der Waals surface area (Å²) in [6.07, 6.45) is 0.925. The monoisotopic (exact) mass is 412 g/mol. The Morgan fingerprint density at radius 2 is 2.10 bits per heavy atom. The number of likely N-dealkylation sites (tertiary alicyclic amines) is 1. The molecule has 9 heteroatoms. The number of ether oxygens (including phenoxy) is 1. The van der Waals surface area contributed by atoms with Crippen LogP contribution in [0.15, 0.2) is 23.0 Å². The van der Waals surface area contributed by atoms with Gasteiger partial charge < -0.3 is 4.74 Å². The predicted molar refractivity (Wildman–Crippen MR) is 109 cm³/mol. The van der Waals surface area contributed by atoms with Gasteiger partial charge in [-0.2, -0.15) is 5.10 Å². The minimum Gasteiger partial charge on any atom is -0.375 e. The Morgan fingerprint density at radius 1 is 1.24 bits per heavy atom. The van der Waals surface area contributed by atoms with E-state index in [4.69, 9.17) is 9.72 Å². The maximum Gasteiger partial charge on any atom is 0.266 e. The third-order valence-corrected chi connectivity index (χ3v) is 6.50. The Bertz CT molecular complexity index is 1070. The first-order valence-electron chi connectivity index (χ1n) is 9.94. The molecular weight excluding hydrogens is 388 g/mol. The molecule has 0 radical (unpaired) electrons. The molecule has 5 heterocycles. The summed E-state index contributed by atoms with van der Waals surface area (Å²) in [5.41, 5.74) is 3.09. The number of rotatable bonds is 5. The molecule has 0 unspecified atom stereocenters. The molecule has 5 rings (SSSR count). The third-order valence-electron chi connectivity index (χ3n) is 5.44. The van der Waals surface area contributed by atoms with Crippen LogP contribution in [0.4, 0.5) is 0 Å². The lowest BCUT2D eigenvalue weighted by Crippen LogP contribution is -2.48. The zero-order valence-corrected chi connectivity index (χ0v) is 17.5. The van der Waals surface area contributed by atoms with E-state index in [0.717, 1.165) is 44.0 Å². The molecule has 0 amide bonds. The summed E-state index contributed by atoms with van der Waals surface area (Å²) >= 11 is 1.77. The summed E-state index contributed by atoms with van der Waals surface area (Å²) in [7, 11) is 0. The minimum absolute atomic E-state index is 0.0682. The smallest absolute Gasteiger partial charge is 0.266 e. The van der Waals surface area contributed by atoms with E-state index in [1.807, 2.05) is 19.9 Å². The van der Waals surface area contributed by atoms with Crippen molar-refractivity contribution < 1.29 is 4.74 Å². The Balaban J connectivity index is 1.22. The molecule has 0 atom stereocenters. The van der Waals surface area contributed by atoms with Gasteiger partial charge >= 0.3 is 0 Å². The number of thiazole rings is 1. The average Bonchev–Trinajstić information content (AvgIpc) is 3.23. The van der Waals surface area contributed by atoms with Crippen LogP contribution in [-0.4, -0.2) is 49.1 Å². The second-order valence-corrected chi connectivity index (χ2v) is 9.06. The fourth-order valence-corrected chi connectivity index (χ4v) is 5.14. The van der Waals surface area contributed by atoms with E-state index in [1.54, 1.807) is 32.8 Å². The van der Waals surface area contributed by atoms with Crippen LogP contribution in [0, 0.1) is 19.8 Å². The van der Waals surface area contributed by atoms with Crippen LogP contribution in [0.3, 0.4) is 0 Å². The highest BCUT2D eigenvalue weighted by Gasteiger charge is 2.29. The zero-order valence-electron chi connectivity index (χ0n) is 16.7. The molecule has 0 aromatic carbocycles. The number of aromatic nitrogens is 5. The molecule has 3 aromatic heterocycles. The fraction of sp³-hybridized carbons (Fsp3) is 0.500. The molecule has 0 spiro atoms. The summed E-state index contributed by atoms with van der Waals surface area (Å²) in [6, 6.07) is 5.32. The first-order chi connectivity index (χ1) is 14.0. The van der Waals surface area contributed by atoms with Gasteiger partial charge in [0.05, 0.1) is 42.6 Å². The molecule has 152 valence electrons. The normalized spacial score (nSPS) is 17.3. The zero-order chi connectivity index (χ0) is 20.0. The molecule has 1 saturated heterocycles. The molecule has 8 nitrogen and oxygen atoms in total. The summed E-state index contributed by atoms with van der Waals surface area (Å²) < 4.78 is 8.87. The Labute approximate surface area is 172 Å². The molecule has 0 bridgehead atoms. The molecule has 1 fully saturated rings. The number of hydrogen-bond donors (Lipinski definition) is 0. The fourth-order valence-electron chi connectivity index (χ4n) is 4.05. The molecule has 2 aliphatic rings. The lowest BCUT2D eigenvalue weighted by atomic mass is 10.0. The second-order valence-electron chi connectivity index (χ2n) is 7.89. The van der Waals surface area contributed by atoms with Gasteiger partial charge in [-0.05, 0) is 26.0 Å². The second kappa shape index (κ2) is 7.47. The highest BCUT2D eigenvalue weighted by Crippen LogP contribution is 2.27. The maximum absolute atomic E-state index is 12.3. The molecule has 0 saturated carbocycles. The largest absolute Gasteiger partial charge is 0.375 e. The van der Waals surface area contributed by atoms with Crippen molar-refractivity contribution >= 4 is 11.3 Å². The van der Waals surface area contributed by atoms with Crippen LogP contribution in [0.5, 0.6) is 0 Å². The van der Waals surface area contributed by atoms with Crippen LogP contribution in [0.2, 0.25) is 0 Å². The van der Waals surface area contributed by atoms with Crippen molar-refractivity contribution in [1.82, 2.24) is 29.4 Å². The Kier molecular flexibility index (Phi) is 4.81. The van der Waals surface area contributed by atoms with E-state index in [2.05, 4.69) is 15.1 Å². The van der Waals surface area contributed by atoms with E-state index in [0.29, 0.717) is 24.9 Å². The molecule has 2 aliphatic heterocycles. The predicted octanol–water partition coefficient (Wildman–Crippen LogP) is 1.71. The first-order valence-corrected chi connectivity index (χ1v) is 10.8. The van der Waals surface area contributed by atoms with Crippen molar-refractivity contribution in [1.29, 1.82) is 0 Å². The minimum atomic E-state index is -0.0682. The van der Waals surface area contributed by atoms with Crippen molar-refractivity contribution in [3.63, 3.8) is 0 Å². The molecule has 0 N–H and O–H groups in total. The Hall–Kier alpha value is -2.36. The molecule has 29 heavy (non-hydrogen) atoms. The number of nitrogens with zero attached hydrogens (tertiary/aromatic N) is 6. The van der Waals surface area contributed by atoms with Gasteiger partial charge in [-0.25, -0.2) is 14.3 Å². The van der Waals surface area contributed by atoms with Crippen LogP contribution in [0.25, 0.3) is 5.82 Å². The van der Waals surface area contributed by atoms with E-state index in [1.165, 1.54) is 15.6 Å². The number of aryl methyl sites for hydroxylation is 2. The molecule has 3 aromatic rings. The number of fused-ring (bicyclic) bond motifs is 1. The van der Waals surface area contributed by atoms with Gasteiger partial charge in [-0.3, -0.25) is 9.69 Å². The van der Waals surface area contributed by atoms with Crippen molar-refractivity contribution in [2.24, 2.45) is 5.92 Å². The van der Waals surface area contributed by atoms with Crippen LogP contribution in [0.1, 0.15) is 27.0 Å². The van der Waals surface area contributed by atoms with Crippen molar-refractivity contribution in [2.75, 3.05) is 19.7 Å². The highest BCUT2D eigenvalue weighted by molar-refractivity contribution is 7.11. The quantitative estimate of drug-likeness (QED) is 0.635. The molecular formula is C20H24N6O2S. The first kappa shape index (κ1) is 18.7. The van der Waals surface area contributed by atoms with E-state index >= 15 is 0 Å². The standard InChI is InChI=1S/C20H24N6O2S/c1-13-7-14(2)26(22-13)18-3-4-20(27)25(23-18)10-15-8-24(9-15)11-19-21-16-5-6-28-12-17(16)29-19/h3-4,7,15H,5-6,8-12H2,1-2H3. The van der Waals surface area contributed by atoms with Gasteiger partial charge in [0, 0.05) is 37.2 Å². The molecule has 0 aliphatic carbocycles. The summed E-state index contributed by atoms with van der Waals surface area (Å²) in [5.74, 6) is 1.11. The van der Waals surface area contributed by atoms with Crippen molar-refractivity contribution in [2.45, 2.75) is 40.0 Å². The van der Waals surface area contributed by atoms with Crippen LogP contribution >= 0.6 is 11.3 Å².